The van der Waals surface area contributed by atoms with Gasteiger partial charge in [-0.15, -0.1) is 0 Å². The van der Waals surface area contributed by atoms with E-state index in [2.05, 4.69) is 4.74 Å². The molecule has 0 aromatic carbocycles. The van der Waals surface area contributed by atoms with Crippen LogP contribution < -0.4 is 0 Å². The van der Waals surface area contributed by atoms with E-state index in [1.807, 2.05) is 0 Å². The van der Waals surface area contributed by atoms with Crippen molar-refractivity contribution in [3.05, 3.63) is 0 Å². The Kier molecular flexibility index (Phi) is 5.51. The van der Waals surface area contributed by atoms with E-state index in [0.717, 1.165) is 0 Å². The van der Waals surface area contributed by atoms with Gasteiger partial charge in [-0.25, -0.2) is 4.79 Å². The molecule has 0 aliphatic rings. The number of carbonyl (C=O) groups excluding carboxylic acids is 1. The molecule has 3 unspecified atom stereocenters. The maximum absolute atomic E-state index is 10.6. The third-order valence-corrected chi connectivity index (χ3v) is 1.20. The van der Waals surface area contributed by atoms with Gasteiger partial charge < -0.3 is 30.3 Å². The summed E-state index contributed by atoms with van der Waals surface area (Å²) >= 11 is 0. The molecule has 78 valence electrons. The molecule has 0 fully saturated rings. The maximum atomic E-state index is 10.6. The van der Waals surface area contributed by atoms with Crippen molar-refractivity contribution < 1.29 is 35.1 Å². The summed E-state index contributed by atoms with van der Waals surface area (Å²) in [7, 11) is 0. The lowest BCUT2D eigenvalue weighted by atomic mass is 10.3. The summed E-state index contributed by atoms with van der Waals surface area (Å²) in [5.74, 6) is -1.28. The zero-order valence-electron chi connectivity index (χ0n) is 6.70. The maximum Gasteiger partial charge on any atom is 0.339 e. The van der Waals surface area contributed by atoms with Crippen molar-refractivity contribution in [1.29, 1.82) is 0 Å². The van der Waals surface area contributed by atoms with Crippen LogP contribution in [0.25, 0.3) is 0 Å². The van der Waals surface area contributed by atoms with Gasteiger partial charge in [0.25, 0.3) is 0 Å². The summed E-state index contributed by atoms with van der Waals surface area (Å²) in [6.07, 6.45) is -5.31. The van der Waals surface area contributed by atoms with E-state index in [0.29, 0.717) is 0 Å². The van der Waals surface area contributed by atoms with Crippen molar-refractivity contribution >= 4 is 5.97 Å². The van der Waals surface area contributed by atoms with Gasteiger partial charge in [-0.2, -0.15) is 0 Å². The van der Waals surface area contributed by atoms with E-state index < -0.39 is 37.7 Å². The first-order chi connectivity index (χ1) is 6.02. The largest absolute Gasteiger partial charge is 0.431 e. The Labute approximate surface area is 73.8 Å². The van der Waals surface area contributed by atoms with E-state index in [1.165, 1.54) is 0 Å². The van der Waals surface area contributed by atoms with Crippen LogP contribution in [0.3, 0.4) is 0 Å². The van der Waals surface area contributed by atoms with E-state index in [9.17, 15) is 4.79 Å². The second-order valence-electron chi connectivity index (χ2n) is 2.28. The number of esters is 1. The van der Waals surface area contributed by atoms with Gasteiger partial charge in [0.1, 0.15) is 6.10 Å². The first-order valence-electron chi connectivity index (χ1n) is 3.49. The molecule has 0 aliphatic heterocycles. The Bertz CT molecular complexity index is 159. The summed E-state index contributed by atoms with van der Waals surface area (Å²) < 4.78 is 4.05. The second-order valence-corrected chi connectivity index (χ2v) is 2.28. The van der Waals surface area contributed by atoms with Crippen molar-refractivity contribution in [2.75, 3.05) is 13.2 Å². The number of carbonyl (C=O) groups is 1. The van der Waals surface area contributed by atoms with E-state index >= 15 is 0 Å². The molecule has 0 saturated heterocycles. The molecule has 0 aromatic rings. The monoisotopic (exact) mass is 196 g/mol. The smallest absolute Gasteiger partial charge is 0.339 e. The molecule has 0 aliphatic carbocycles. The molecule has 3 atom stereocenters. The van der Waals surface area contributed by atoms with Gasteiger partial charge in [-0.3, -0.25) is 0 Å². The van der Waals surface area contributed by atoms with Crippen LogP contribution in [0.1, 0.15) is 0 Å². The van der Waals surface area contributed by atoms with E-state index in [4.69, 9.17) is 25.5 Å². The van der Waals surface area contributed by atoms with Gasteiger partial charge in [-0.1, -0.05) is 0 Å². The third kappa shape index (κ3) is 4.15. The van der Waals surface area contributed by atoms with Crippen LogP contribution in [0.2, 0.25) is 0 Å². The van der Waals surface area contributed by atoms with Gasteiger partial charge in [0.05, 0.1) is 13.2 Å². The standard InChI is InChI=1S/C6H12O7/c7-1-3(9)5(11)13-6(12)4(10)2-8/h3-5,7-11H,1-2H2. The van der Waals surface area contributed by atoms with E-state index in [-0.39, 0.29) is 0 Å². The van der Waals surface area contributed by atoms with Crippen molar-refractivity contribution in [1.82, 2.24) is 0 Å². The number of hydrogen-bond donors (Lipinski definition) is 5. The quantitative estimate of drug-likeness (QED) is 0.228. The highest BCUT2D eigenvalue weighted by Gasteiger charge is 2.23. The minimum Gasteiger partial charge on any atom is -0.431 e. The SMILES string of the molecule is O=C(OC(O)C(O)CO)C(O)CO. The van der Waals surface area contributed by atoms with Crippen LogP contribution in [-0.2, 0) is 9.53 Å². The van der Waals surface area contributed by atoms with Crippen molar-refractivity contribution in [2.24, 2.45) is 0 Å². The normalized spacial score (nSPS) is 17.6. The molecular formula is C6H12O7. The molecule has 0 bridgehead atoms. The summed E-state index contributed by atoms with van der Waals surface area (Å²) in [6, 6.07) is 0. The Balaban J connectivity index is 3.91. The fourth-order valence-corrected chi connectivity index (χ4v) is 0.441. The van der Waals surface area contributed by atoms with Gasteiger partial charge in [0.15, 0.2) is 6.10 Å². The predicted octanol–water partition coefficient (Wildman–Crippen LogP) is -3.45. The van der Waals surface area contributed by atoms with Crippen LogP contribution in [0.4, 0.5) is 0 Å². The first kappa shape index (κ1) is 12.3. The minimum absolute atomic E-state index is 0.788. The molecule has 7 nitrogen and oxygen atoms in total. The summed E-state index contributed by atoms with van der Waals surface area (Å²) in [5.41, 5.74) is 0. The lowest BCUT2D eigenvalue weighted by Crippen LogP contribution is -2.38. The number of hydrogen-bond acceptors (Lipinski definition) is 7. The lowest BCUT2D eigenvalue weighted by Gasteiger charge is -2.17. The highest BCUT2D eigenvalue weighted by molar-refractivity contribution is 5.74. The first-order valence-corrected chi connectivity index (χ1v) is 3.49. The highest BCUT2D eigenvalue weighted by atomic mass is 16.7. The van der Waals surface area contributed by atoms with Crippen LogP contribution in [0.15, 0.2) is 0 Å². The Morgan fingerprint density at radius 2 is 1.69 bits per heavy atom. The number of aliphatic hydroxyl groups is 5. The lowest BCUT2D eigenvalue weighted by molar-refractivity contribution is -0.199. The highest BCUT2D eigenvalue weighted by Crippen LogP contribution is 1.98. The molecule has 0 amide bonds. The molecule has 7 heteroatoms. The van der Waals surface area contributed by atoms with Gasteiger partial charge in [0, 0.05) is 0 Å². The molecule has 0 radical (unpaired) electrons. The van der Waals surface area contributed by atoms with Crippen LogP contribution >= 0.6 is 0 Å². The van der Waals surface area contributed by atoms with Gasteiger partial charge >= 0.3 is 5.97 Å². The van der Waals surface area contributed by atoms with Crippen molar-refractivity contribution in [3.63, 3.8) is 0 Å². The van der Waals surface area contributed by atoms with Crippen LogP contribution in [0, 0.1) is 0 Å². The predicted molar refractivity (Wildman–Crippen MR) is 38.3 cm³/mol. The van der Waals surface area contributed by atoms with Crippen molar-refractivity contribution in [2.45, 2.75) is 18.5 Å². The number of rotatable bonds is 5. The average molecular weight is 196 g/mol. The minimum atomic E-state index is -1.92. The second kappa shape index (κ2) is 5.84. The molecule has 0 rings (SSSR count). The zero-order chi connectivity index (χ0) is 10.4. The summed E-state index contributed by atoms with van der Waals surface area (Å²) in [5, 5.41) is 42.7. The third-order valence-electron chi connectivity index (χ3n) is 1.20. The Morgan fingerprint density at radius 3 is 2.08 bits per heavy atom. The topological polar surface area (TPSA) is 127 Å². The average Bonchev–Trinajstić information content (AvgIpc) is 2.14. The molecule has 0 saturated carbocycles. The molecule has 0 spiro atoms. The summed E-state index contributed by atoms with van der Waals surface area (Å²) in [4.78, 5) is 10.6. The van der Waals surface area contributed by atoms with Crippen LogP contribution in [0.5, 0.6) is 0 Å². The Hall–Kier alpha value is -0.730. The fourth-order valence-electron chi connectivity index (χ4n) is 0.441. The molecule has 0 aromatic heterocycles. The molecule has 0 heterocycles. The van der Waals surface area contributed by atoms with E-state index in [1.54, 1.807) is 0 Å². The molecular weight excluding hydrogens is 184 g/mol. The van der Waals surface area contributed by atoms with Crippen LogP contribution in [-0.4, -0.2) is 63.2 Å². The fraction of sp³-hybridized carbons (Fsp3) is 0.833. The molecule has 5 N–H and O–H groups in total. The van der Waals surface area contributed by atoms with Gasteiger partial charge in [-0.05, 0) is 0 Å². The molecule has 13 heavy (non-hydrogen) atoms. The van der Waals surface area contributed by atoms with Gasteiger partial charge in [0.2, 0.25) is 6.29 Å². The van der Waals surface area contributed by atoms with Crippen molar-refractivity contribution in [3.8, 4) is 0 Å². The number of aliphatic hydroxyl groups excluding tert-OH is 5. The zero-order valence-corrected chi connectivity index (χ0v) is 6.70. The number of ether oxygens (including phenoxy) is 1. The Morgan fingerprint density at radius 1 is 1.15 bits per heavy atom. The summed E-state index contributed by atoms with van der Waals surface area (Å²) in [6.45, 7) is -1.63.